The number of nitrogens with zero attached hydrogens (tertiary/aromatic N) is 2. The number of fused-ring (bicyclic) bond motifs is 1. The summed E-state index contributed by atoms with van der Waals surface area (Å²) in [5.74, 6) is 1.10. The van der Waals surface area contributed by atoms with E-state index in [0.717, 1.165) is 31.7 Å². The van der Waals surface area contributed by atoms with Crippen molar-refractivity contribution < 1.29 is 14.3 Å². The van der Waals surface area contributed by atoms with Crippen molar-refractivity contribution in [2.75, 3.05) is 38.2 Å². The summed E-state index contributed by atoms with van der Waals surface area (Å²) < 4.78 is 4.84. The number of carbonyl (C=O) groups excluding carboxylic acids is 2. The van der Waals surface area contributed by atoms with Crippen LogP contribution in [0, 0.1) is 5.92 Å². The van der Waals surface area contributed by atoms with Gasteiger partial charge in [0.25, 0.3) is 5.91 Å². The van der Waals surface area contributed by atoms with Crippen LogP contribution in [0.1, 0.15) is 12.8 Å². The predicted molar refractivity (Wildman–Crippen MR) is 100 cm³/mol. The molecule has 2 aromatic rings. The van der Waals surface area contributed by atoms with E-state index in [0.29, 0.717) is 12.5 Å². The molecule has 26 heavy (non-hydrogen) atoms. The van der Waals surface area contributed by atoms with E-state index in [-0.39, 0.29) is 12.5 Å². The molecule has 1 aromatic heterocycles. The van der Waals surface area contributed by atoms with Gasteiger partial charge in [0.1, 0.15) is 5.82 Å². The maximum atomic E-state index is 11.6. The van der Waals surface area contributed by atoms with Crippen LogP contribution < -0.4 is 15.5 Å². The number of likely N-dealkylation sites (N-methyl/N-ethyl adjacent to an activating group) is 1. The van der Waals surface area contributed by atoms with Gasteiger partial charge < -0.3 is 20.3 Å². The van der Waals surface area contributed by atoms with Crippen molar-refractivity contribution in [3.63, 3.8) is 0 Å². The Kier molecular flexibility index (Phi) is 5.88. The molecule has 138 valence electrons. The van der Waals surface area contributed by atoms with Crippen LogP contribution in [0.25, 0.3) is 10.8 Å². The van der Waals surface area contributed by atoms with Crippen molar-refractivity contribution in [3.8, 4) is 0 Å². The Morgan fingerprint density at radius 3 is 2.77 bits per heavy atom. The number of nitrogens with one attached hydrogen (secondary N) is 2. The Balaban J connectivity index is 1.48. The van der Waals surface area contributed by atoms with Crippen molar-refractivity contribution in [2.45, 2.75) is 12.8 Å². The van der Waals surface area contributed by atoms with Crippen LogP contribution in [-0.4, -0.2) is 50.3 Å². The van der Waals surface area contributed by atoms with Gasteiger partial charge in [-0.15, -0.1) is 0 Å². The second kappa shape index (κ2) is 8.51. The van der Waals surface area contributed by atoms with Gasteiger partial charge in [-0.05, 0) is 30.2 Å². The van der Waals surface area contributed by atoms with Crippen molar-refractivity contribution in [3.05, 3.63) is 36.5 Å². The van der Waals surface area contributed by atoms with Gasteiger partial charge >= 0.3 is 6.09 Å². The predicted octanol–water partition coefficient (Wildman–Crippen LogP) is 1.92. The first-order valence-corrected chi connectivity index (χ1v) is 8.87. The molecule has 3 rings (SSSR count). The highest BCUT2D eigenvalue weighted by molar-refractivity contribution is 5.92. The molecular formula is C19H24N4O3. The Morgan fingerprint density at radius 2 is 2.00 bits per heavy atom. The smallest absolute Gasteiger partial charge is 0.407 e. The lowest BCUT2D eigenvalue weighted by molar-refractivity contribution is -0.123. The third-order valence-electron chi connectivity index (χ3n) is 4.71. The van der Waals surface area contributed by atoms with E-state index in [1.54, 1.807) is 0 Å². The molecule has 1 saturated heterocycles. The molecule has 0 spiro atoms. The number of hydrogen-bond donors (Lipinski definition) is 2. The Hall–Kier alpha value is -2.83. The molecule has 1 fully saturated rings. The van der Waals surface area contributed by atoms with Gasteiger partial charge in [0.15, 0.2) is 6.61 Å². The number of anilines is 1. The summed E-state index contributed by atoms with van der Waals surface area (Å²) in [5, 5.41) is 7.51. The highest BCUT2D eigenvalue weighted by atomic mass is 16.6. The highest BCUT2D eigenvalue weighted by Gasteiger charge is 2.22. The van der Waals surface area contributed by atoms with Crippen molar-refractivity contribution >= 4 is 28.6 Å². The van der Waals surface area contributed by atoms with E-state index >= 15 is 0 Å². The third-order valence-corrected chi connectivity index (χ3v) is 4.71. The molecule has 0 aliphatic carbocycles. The second-order valence-corrected chi connectivity index (χ2v) is 6.42. The SMILES string of the molecule is CNC(=O)COC(=O)NCC1CCN(c2nccc3ccccc23)CC1. The summed E-state index contributed by atoms with van der Waals surface area (Å²) in [7, 11) is 1.50. The fraction of sp³-hybridized carbons (Fsp3) is 0.421. The fourth-order valence-electron chi connectivity index (χ4n) is 3.19. The Morgan fingerprint density at radius 1 is 1.23 bits per heavy atom. The number of ether oxygens (including phenoxy) is 1. The number of hydrogen-bond acceptors (Lipinski definition) is 5. The number of amides is 2. The van der Waals surface area contributed by atoms with E-state index in [4.69, 9.17) is 4.74 Å². The molecule has 0 bridgehead atoms. The summed E-state index contributed by atoms with van der Waals surface area (Å²) in [6.07, 6.45) is 3.25. The fourth-order valence-corrected chi connectivity index (χ4v) is 3.19. The molecule has 0 radical (unpaired) electrons. The number of piperidine rings is 1. The molecule has 7 heteroatoms. The van der Waals surface area contributed by atoms with E-state index in [1.807, 2.05) is 24.4 Å². The molecule has 0 unspecified atom stereocenters. The number of benzene rings is 1. The van der Waals surface area contributed by atoms with Gasteiger partial charge in [-0.25, -0.2) is 9.78 Å². The van der Waals surface area contributed by atoms with Crippen molar-refractivity contribution in [1.29, 1.82) is 0 Å². The van der Waals surface area contributed by atoms with Crippen LogP contribution in [0.2, 0.25) is 0 Å². The van der Waals surface area contributed by atoms with Crippen LogP contribution in [0.3, 0.4) is 0 Å². The number of aromatic nitrogens is 1. The van der Waals surface area contributed by atoms with E-state index in [1.165, 1.54) is 17.8 Å². The van der Waals surface area contributed by atoms with Gasteiger partial charge in [-0.2, -0.15) is 0 Å². The van der Waals surface area contributed by atoms with Crippen LogP contribution in [0.4, 0.5) is 10.6 Å². The lowest BCUT2D eigenvalue weighted by Crippen LogP contribution is -2.39. The van der Waals surface area contributed by atoms with Gasteiger partial charge in [-0.3, -0.25) is 4.79 Å². The van der Waals surface area contributed by atoms with E-state index in [2.05, 4.69) is 32.7 Å². The molecule has 0 saturated carbocycles. The quantitative estimate of drug-likeness (QED) is 0.855. The zero-order valence-corrected chi connectivity index (χ0v) is 14.9. The standard InChI is InChI=1S/C19H24N4O3/c1-20-17(24)13-26-19(25)22-12-14-7-10-23(11-8-14)18-16-5-3-2-4-15(16)6-9-21-18/h2-6,9,14H,7-8,10-13H2,1H3,(H,20,24)(H,22,25). The second-order valence-electron chi connectivity index (χ2n) is 6.42. The molecule has 0 atom stereocenters. The first-order chi connectivity index (χ1) is 12.7. The van der Waals surface area contributed by atoms with Crippen molar-refractivity contribution in [2.24, 2.45) is 5.92 Å². The van der Waals surface area contributed by atoms with Crippen LogP contribution in [-0.2, 0) is 9.53 Å². The van der Waals surface area contributed by atoms with E-state index < -0.39 is 6.09 Å². The van der Waals surface area contributed by atoms with Crippen LogP contribution in [0.5, 0.6) is 0 Å². The van der Waals surface area contributed by atoms with Crippen molar-refractivity contribution in [1.82, 2.24) is 15.6 Å². The lowest BCUT2D eigenvalue weighted by Gasteiger charge is -2.33. The third kappa shape index (κ3) is 4.41. The first-order valence-electron chi connectivity index (χ1n) is 8.87. The Bertz CT molecular complexity index is 767. The summed E-state index contributed by atoms with van der Waals surface area (Å²) in [6, 6.07) is 10.3. The van der Waals surface area contributed by atoms with Gasteiger partial charge in [0, 0.05) is 38.3 Å². The summed E-state index contributed by atoms with van der Waals surface area (Å²) in [4.78, 5) is 29.5. The minimum atomic E-state index is -0.549. The average molecular weight is 356 g/mol. The summed E-state index contributed by atoms with van der Waals surface area (Å²) >= 11 is 0. The summed E-state index contributed by atoms with van der Waals surface area (Å²) in [6.45, 7) is 2.11. The number of rotatable bonds is 5. The molecule has 7 nitrogen and oxygen atoms in total. The molecule has 1 aliphatic heterocycles. The molecule has 1 aromatic carbocycles. The van der Waals surface area contributed by atoms with Gasteiger partial charge in [0.2, 0.25) is 0 Å². The zero-order valence-electron chi connectivity index (χ0n) is 14.9. The zero-order chi connectivity index (χ0) is 18.4. The average Bonchev–Trinajstić information content (AvgIpc) is 2.70. The number of pyridine rings is 1. The van der Waals surface area contributed by atoms with E-state index in [9.17, 15) is 9.59 Å². The summed E-state index contributed by atoms with van der Waals surface area (Å²) in [5.41, 5.74) is 0. The molecule has 2 amide bonds. The highest BCUT2D eigenvalue weighted by Crippen LogP contribution is 2.27. The Labute approximate surface area is 152 Å². The first kappa shape index (κ1) is 18.0. The topological polar surface area (TPSA) is 83.6 Å². The molecule has 2 heterocycles. The van der Waals surface area contributed by atoms with Gasteiger partial charge in [-0.1, -0.05) is 24.3 Å². The minimum Gasteiger partial charge on any atom is -0.439 e. The van der Waals surface area contributed by atoms with Gasteiger partial charge in [0.05, 0.1) is 0 Å². The lowest BCUT2D eigenvalue weighted by atomic mass is 9.96. The largest absolute Gasteiger partial charge is 0.439 e. The van der Waals surface area contributed by atoms with Crippen LogP contribution in [0.15, 0.2) is 36.5 Å². The monoisotopic (exact) mass is 356 g/mol. The normalized spacial score (nSPS) is 14.9. The number of alkyl carbamates (subject to hydrolysis) is 1. The maximum absolute atomic E-state index is 11.6. The molecule has 2 N–H and O–H groups in total. The molecular weight excluding hydrogens is 332 g/mol. The maximum Gasteiger partial charge on any atom is 0.407 e. The van der Waals surface area contributed by atoms with Crippen LogP contribution >= 0.6 is 0 Å². The number of carbonyl (C=O) groups is 2. The molecule has 1 aliphatic rings. The minimum absolute atomic E-state index is 0.256.